The highest BCUT2D eigenvalue weighted by Gasteiger charge is 2.21. The van der Waals surface area contributed by atoms with Crippen molar-refractivity contribution >= 4 is 40.0 Å². The van der Waals surface area contributed by atoms with Gasteiger partial charge in [0.05, 0.1) is 16.2 Å². The fourth-order valence-electron chi connectivity index (χ4n) is 3.69. The average molecular weight is 450 g/mol. The molecular weight excluding hydrogens is 422 g/mol. The Morgan fingerprint density at radius 1 is 1.09 bits per heavy atom. The van der Waals surface area contributed by atoms with Crippen LogP contribution >= 0.6 is 11.8 Å². The number of benzene rings is 2. The van der Waals surface area contributed by atoms with Crippen molar-refractivity contribution in [2.24, 2.45) is 0 Å². The van der Waals surface area contributed by atoms with E-state index in [2.05, 4.69) is 22.4 Å². The Kier molecular flexibility index (Phi) is 6.60. The van der Waals surface area contributed by atoms with Gasteiger partial charge in [-0.3, -0.25) is 18.6 Å². The standard InChI is InChI=1S/C24H27N5O2S/c1-4-5-10-15-28-22(31)18-12-7-9-14-20(18)29-23(28)26-27-24(29)32-17(3)21(30)25-19-13-8-6-11-16(19)2/h6-9,11-14,17H,4-5,10,15H2,1-3H3,(H,25,30). The average Bonchev–Trinajstić information content (AvgIpc) is 3.21. The molecule has 0 aliphatic heterocycles. The number of carbonyl (C=O) groups excluding carboxylic acids is 1. The highest BCUT2D eigenvalue weighted by Crippen LogP contribution is 2.26. The van der Waals surface area contributed by atoms with Crippen molar-refractivity contribution in [2.45, 2.75) is 57.0 Å². The molecule has 8 heteroatoms. The summed E-state index contributed by atoms with van der Waals surface area (Å²) in [5.74, 6) is 0.403. The zero-order valence-electron chi connectivity index (χ0n) is 18.5. The lowest BCUT2D eigenvalue weighted by Gasteiger charge is -2.14. The van der Waals surface area contributed by atoms with Crippen LogP contribution in [0.3, 0.4) is 0 Å². The number of thioether (sulfide) groups is 1. The molecule has 2 heterocycles. The van der Waals surface area contributed by atoms with E-state index in [1.54, 1.807) is 4.57 Å². The molecule has 0 saturated carbocycles. The number of carbonyl (C=O) groups is 1. The van der Waals surface area contributed by atoms with Gasteiger partial charge in [0.15, 0.2) is 5.16 Å². The first-order valence-corrected chi connectivity index (χ1v) is 11.8. The minimum atomic E-state index is -0.402. The highest BCUT2D eigenvalue weighted by molar-refractivity contribution is 8.00. The van der Waals surface area contributed by atoms with Crippen LogP contribution in [-0.2, 0) is 11.3 Å². The van der Waals surface area contributed by atoms with Gasteiger partial charge in [0.25, 0.3) is 5.56 Å². The van der Waals surface area contributed by atoms with Gasteiger partial charge in [-0.2, -0.15) is 0 Å². The number of amides is 1. The number of rotatable bonds is 8. The predicted molar refractivity (Wildman–Crippen MR) is 129 cm³/mol. The third-order valence-electron chi connectivity index (χ3n) is 5.52. The van der Waals surface area contributed by atoms with Crippen LogP contribution in [-0.4, -0.2) is 30.3 Å². The van der Waals surface area contributed by atoms with Crippen LogP contribution < -0.4 is 10.9 Å². The summed E-state index contributed by atoms with van der Waals surface area (Å²) in [4.78, 5) is 26.0. The number of unbranched alkanes of at least 4 members (excludes halogenated alkanes) is 2. The second kappa shape index (κ2) is 9.56. The van der Waals surface area contributed by atoms with E-state index in [1.807, 2.05) is 66.8 Å². The minimum Gasteiger partial charge on any atom is -0.325 e. The Morgan fingerprint density at radius 2 is 1.84 bits per heavy atom. The van der Waals surface area contributed by atoms with E-state index in [-0.39, 0.29) is 11.5 Å². The quantitative estimate of drug-likeness (QED) is 0.312. The Labute approximate surface area is 190 Å². The summed E-state index contributed by atoms with van der Waals surface area (Å²) in [7, 11) is 0. The molecule has 1 amide bonds. The zero-order chi connectivity index (χ0) is 22.7. The highest BCUT2D eigenvalue weighted by atomic mass is 32.2. The summed E-state index contributed by atoms with van der Waals surface area (Å²) in [6.07, 6.45) is 3.01. The topological polar surface area (TPSA) is 81.3 Å². The van der Waals surface area contributed by atoms with Crippen molar-refractivity contribution in [1.82, 2.24) is 19.2 Å². The molecule has 0 aliphatic rings. The second-order valence-electron chi connectivity index (χ2n) is 7.86. The van der Waals surface area contributed by atoms with E-state index >= 15 is 0 Å². The van der Waals surface area contributed by atoms with Crippen LogP contribution in [0.5, 0.6) is 0 Å². The minimum absolute atomic E-state index is 0.0569. The van der Waals surface area contributed by atoms with Gasteiger partial charge in [-0.15, -0.1) is 10.2 Å². The van der Waals surface area contributed by atoms with Crippen LogP contribution in [0.2, 0.25) is 0 Å². The molecule has 0 spiro atoms. The third kappa shape index (κ3) is 4.27. The van der Waals surface area contributed by atoms with Gasteiger partial charge in [0.2, 0.25) is 11.7 Å². The molecule has 1 unspecified atom stereocenters. The zero-order valence-corrected chi connectivity index (χ0v) is 19.4. The maximum Gasteiger partial charge on any atom is 0.262 e. The monoisotopic (exact) mass is 449 g/mol. The van der Waals surface area contributed by atoms with Crippen molar-refractivity contribution in [3.05, 3.63) is 64.4 Å². The number of hydrogen-bond acceptors (Lipinski definition) is 5. The van der Waals surface area contributed by atoms with Crippen molar-refractivity contribution in [1.29, 1.82) is 0 Å². The van der Waals surface area contributed by atoms with Crippen LogP contribution in [0, 0.1) is 6.92 Å². The molecule has 1 N–H and O–H groups in total. The van der Waals surface area contributed by atoms with Gasteiger partial charge in [0.1, 0.15) is 0 Å². The Bertz CT molecular complexity index is 1330. The smallest absolute Gasteiger partial charge is 0.262 e. The molecular formula is C24H27N5O2S. The van der Waals surface area contributed by atoms with Gasteiger partial charge >= 0.3 is 0 Å². The van der Waals surface area contributed by atoms with Gasteiger partial charge in [-0.25, -0.2) is 0 Å². The molecule has 166 valence electrons. The fourth-order valence-corrected chi connectivity index (χ4v) is 4.55. The van der Waals surface area contributed by atoms with Crippen LogP contribution in [0.4, 0.5) is 5.69 Å². The van der Waals surface area contributed by atoms with E-state index in [4.69, 9.17) is 0 Å². The number of para-hydroxylation sites is 2. The molecule has 4 rings (SSSR count). The molecule has 0 bridgehead atoms. The first-order valence-electron chi connectivity index (χ1n) is 10.9. The fraction of sp³-hybridized carbons (Fsp3) is 0.333. The summed E-state index contributed by atoms with van der Waals surface area (Å²) in [6, 6.07) is 15.2. The molecule has 2 aromatic heterocycles. The van der Waals surface area contributed by atoms with E-state index < -0.39 is 5.25 Å². The molecule has 0 aliphatic carbocycles. The molecule has 1 atom stereocenters. The first-order chi connectivity index (χ1) is 15.5. The van der Waals surface area contributed by atoms with Crippen molar-refractivity contribution in [3.63, 3.8) is 0 Å². The number of hydrogen-bond donors (Lipinski definition) is 1. The summed E-state index contributed by atoms with van der Waals surface area (Å²) < 4.78 is 3.60. The van der Waals surface area contributed by atoms with E-state index in [0.29, 0.717) is 22.9 Å². The Morgan fingerprint density at radius 3 is 2.62 bits per heavy atom. The van der Waals surface area contributed by atoms with Gasteiger partial charge in [-0.1, -0.05) is 61.9 Å². The number of nitrogens with one attached hydrogen (secondary N) is 1. The van der Waals surface area contributed by atoms with Crippen LogP contribution in [0.1, 0.15) is 38.7 Å². The van der Waals surface area contributed by atoms with Crippen LogP contribution in [0.25, 0.3) is 16.7 Å². The second-order valence-corrected chi connectivity index (χ2v) is 9.17. The number of fused-ring (bicyclic) bond motifs is 3. The number of aromatic nitrogens is 4. The third-order valence-corrected chi connectivity index (χ3v) is 6.56. The molecule has 0 saturated heterocycles. The molecule has 0 fully saturated rings. The van der Waals surface area contributed by atoms with Gasteiger partial charge in [0, 0.05) is 12.2 Å². The number of nitrogens with zero attached hydrogens (tertiary/aromatic N) is 4. The van der Waals surface area contributed by atoms with E-state index in [9.17, 15) is 9.59 Å². The molecule has 2 aromatic carbocycles. The Hall–Kier alpha value is -3.13. The molecule has 0 radical (unpaired) electrons. The lowest BCUT2D eigenvalue weighted by Crippen LogP contribution is -2.24. The number of aryl methyl sites for hydroxylation is 2. The molecule has 32 heavy (non-hydrogen) atoms. The summed E-state index contributed by atoms with van der Waals surface area (Å²) in [6.45, 7) is 6.53. The summed E-state index contributed by atoms with van der Waals surface area (Å²) in [5.41, 5.74) is 2.50. The van der Waals surface area contributed by atoms with Gasteiger partial charge < -0.3 is 5.32 Å². The van der Waals surface area contributed by atoms with Crippen molar-refractivity contribution in [2.75, 3.05) is 5.32 Å². The summed E-state index contributed by atoms with van der Waals surface area (Å²) in [5, 5.41) is 12.5. The van der Waals surface area contributed by atoms with E-state index in [1.165, 1.54) is 11.8 Å². The lowest BCUT2D eigenvalue weighted by atomic mass is 10.2. The SMILES string of the molecule is CCCCCn1c(=O)c2ccccc2n2c(SC(C)C(=O)Nc3ccccc3C)nnc12. The maximum atomic E-state index is 13.1. The van der Waals surface area contributed by atoms with E-state index in [0.717, 1.165) is 36.0 Å². The maximum absolute atomic E-state index is 13.1. The van der Waals surface area contributed by atoms with Crippen LogP contribution in [0.15, 0.2) is 58.5 Å². The first kappa shape index (κ1) is 22.1. The lowest BCUT2D eigenvalue weighted by molar-refractivity contribution is -0.115. The Balaban J connectivity index is 1.69. The molecule has 7 nitrogen and oxygen atoms in total. The number of anilines is 1. The van der Waals surface area contributed by atoms with Crippen molar-refractivity contribution < 1.29 is 4.79 Å². The largest absolute Gasteiger partial charge is 0.325 e. The van der Waals surface area contributed by atoms with Crippen molar-refractivity contribution in [3.8, 4) is 0 Å². The van der Waals surface area contributed by atoms with Gasteiger partial charge in [-0.05, 0) is 44.0 Å². The summed E-state index contributed by atoms with van der Waals surface area (Å²) >= 11 is 1.33. The normalized spacial score (nSPS) is 12.3. The molecule has 4 aromatic rings. The predicted octanol–water partition coefficient (Wildman–Crippen LogP) is 4.66.